The summed E-state index contributed by atoms with van der Waals surface area (Å²) in [7, 11) is 0. The van der Waals surface area contributed by atoms with Crippen molar-refractivity contribution in [2.24, 2.45) is 0 Å². The smallest absolute Gasteiger partial charge is 0.155 e. The van der Waals surface area contributed by atoms with Crippen molar-refractivity contribution in [3.8, 4) is 33.5 Å². The van der Waals surface area contributed by atoms with Crippen LogP contribution in [0.4, 0.5) is 0 Å². The second-order valence-corrected chi connectivity index (χ2v) is 9.37. The number of benzene rings is 5. The Morgan fingerprint density at radius 1 is 0.737 bits per heavy atom. The molecule has 5 aromatic carbocycles. The number of hydrogen-bond acceptors (Lipinski definition) is 3. The minimum absolute atomic E-state index is 0. The molecule has 0 bridgehead atoms. The summed E-state index contributed by atoms with van der Waals surface area (Å²) >= 11 is 0. The number of aromatic nitrogens is 1. The van der Waals surface area contributed by atoms with Crippen LogP contribution in [0.2, 0.25) is 0 Å². The molecule has 38 heavy (non-hydrogen) atoms. The van der Waals surface area contributed by atoms with Gasteiger partial charge in [0.1, 0.15) is 0 Å². The van der Waals surface area contributed by atoms with Crippen LogP contribution in [-0.2, 0) is 24.9 Å². The van der Waals surface area contributed by atoms with E-state index in [-0.39, 0.29) is 31.6 Å². The number of nitrogens with zero attached hydrogens (tertiary/aromatic N) is 1. The van der Waals surface area contributed by atoms with Gasteiger partial charge in [-0.05, 0) is 58.6 Å². The summed E-state index contributed by atoms with van der Waals surface area (Å²) < 4.78 is 0. The number of ketones is 1. The zero-order chi connectivity index (χ0) is 25.5. The van der Waals surface area contributed by atoms with E-state index < -0.39 is 0 Å². The van der Waals surface area contributed by atoms with Crippen molar-refractivity contribution >= 4 is 38.2 Å². The number of aliphatic hydroxyl groups excluding tert-OH is 1. The topological polar surface area (TPSA) is 50.2 Å². The molecule has 1 N–H and O–H groups in total. The summed E-state index contributed by atoms with van der Waals surface area (Å²) in [6.07, 6.45) is 1.17. The van der Waals surface area contributed by atoms with Gasteiger partial charge in [-0.25, -0.2) is 0 Å². The standard InChI is InChI=1S/C29H16N.C5H8O2.Ir/c1-2-7-19-15-22-16-21(13-12-20(22)14-18(19)6-1)28-17-26-24-9-4-3-8-23(24)25-10-5-11-27(30-28)29(25)26;1-4(6)3-5(2)7;/h1-12,14-17H;3,6H,1-2H3;/q-1;;. The van der Waals surface area contributed by atoms with E-state index in [1.165, 1.54) is 69.1 Å². The van der Waals surface area contributed by atoms with Crippen LogP contribution < -0.4 is 0 Å². The van der Waals surface area contributed by atoms with E-state index in [0.29, 0.717) is 0 Å². The van der Waals surface area contributed by atoms with Gasteiger partial charge in [-0.3, -0.25) is 9.78 Å². The van der Waals surface area contributed by atoms with E-state index in [9.17, 15) is 4.79 Å². The number of fused-ring (bicyclic) bond motifs is 5. The Morgan fingerprint density at radius 3 is 2.03 bits per heavy atom. The van der Waals surface area contributed by atoms with Gasteiger partial charge in [-0.15, -0.1) is 29.1 Å². The van der Waals surface area contributed by atoms with Crippen LogP contribution in [0.25, 0.3) is 66.0 Å². The van der Waals surface area contributed by atoms with E-state index in [0.717, 1.165) is 16.8 Å². The fraction of sp³-hybridized carbons (Fsp3) is 0.0588. The van der Waals surface area contributed by atoms with Crippen LogP contribution in [0, 0.1) is 6.07 Å². The average molecular weight is 671 g/mol. The molecule has 0 saturated carbocycles. The number of aliphatic hydroxyl groups is 1. The minimum atomic E-state index is -0.125. The Labute approximate surface area is 234 Å². The van der Waals surface area contributed by atoms with Crippen molar-refractivity contribution in [1.82, 2.24) is 4.98 Å². The normalized spacial score (nSPS) is 11.6. The fourth-order valence-corrected chi connectivity index (χ4v) is 5.14. The van der Waals surface area contributed by atoms with E-state index in [1.54, 1.807) is 0 Å². The first-order valence-electron chi connectivity index (χ1n) is 12.2. The maximum Gasteiger partial charge on any atom is 0.155 e. The molecule has 1 radical (unpaired) electrons. The number of hydrogen-bond donors (Lipinski definition) is 1. The Morgan fingerprint density at radius 2 is 1.37 bits per heavy atom. The number of rotatable bonds is 2. The molecule has 0 fully saturated rings. The summed E-state index contributed by atoms with van der Waals surface area (Å²) in [5, 5.41) is 14.6. The minimum Gasteiger partial charge on any atom is -0.512 e. The molecule has 1 aliphatic carbocycles. The molecule has 0 unspecified atom stereocenters. The molecule has 7 rings (SSSR count). The number of carbonyl (C=O) groups is 1. The molecule has 4 heteroatoms. The SMILES string of the molecule is CC(=O)C=C(C)O.[Ir].[c-]1cc2cc3ccccc3cc2cc1-c1cc2c3c(cccc3n1)-c1ccccc1-2. The molecule has 0 amide bonds. The van der Waals surface area contributed by atoms with Gasteiger partial charge >= 0.3 is 0 Å². The largest absolute Gasteiger partial charge is 0.512 e. The van der Waals surface area contributed by atoms with Gasteiger partial charge in [0.15, 0.2) is 5.78 Å². The number of pyridine rings is 1. The third-order valence-electron chi connectivity index (χ3n) is 6.66. The summed E-state index contributed by atoms with van der Waals surface area (Å²) in [4.78, 5) is 15.0. The van der Waals surface area contributed by atoms with Crippen molar-refractivity contribution < 1.29 is 30.0 Å². The molecule has 0 saturated heterocycles. The summed E-state index contributed by atoms with van der Waals surface area (Å²) in [6, 6.07) is 38.1. The summed E-state index contributed by atoms with van der Waals surface area (Å²) in [5.74, 6) is -0.0625. The molecular formula is C34H24IrNO2-. The Bertz CT molecular complexity index is 1880. The molecule has 187 valence electrons. The fourth-order valence-electron chi connectivity index (χ4n) is 5.14. The van der Waals surface area contributed by atoms with Crippen molar-refractivity contribution in [1.29, 1.82) is 0 Å². The maximum absolute atomic E-state index is 10.0. The average Bonchev–Trinajstić information content (AvgIpc) is 3.22. The van der Waals surface area contributed by atoms with Crippen LogP contribution >= 0.6 is 0 Å². The molecule has 3 nitrogen and oxygen atoms in total. The third-order valence-corrected chi connectivity index (χ3v) is 6.66. The Balaban J connectivity index is 0.000000329. The first kappa shape index (κ1) is 25.5. The number of carbonyl (C=O) groups excluding carboxylic acids is 1. The van der Waals surface area contributed by atoms with E-state index in [2.05, 4.69) is 103 Å². The van der Waals surface area contributed by atoms with E-state index in [4.69, 9.17) is 10.1 Å². The number of allylic oxidation sites excluding steroid dienone is 2. The second kappa shape index (κ2) is 10.3. The van der Waals surface area contributed by atoms with Crippen LogP contribution in [0.5, 0.6) is 0 Å². The predicted molar refractivity (Wildman–Crippen MR) is 153 cm³/mol. The van der Waals surface area contributed by atoms with Gasteiger partial charge in [-0.2, -0.15) is 0 Å². The first-order chi connectivity index (χ1) is 18.0. The zero-order valence-electron chi connectivity index (χ0n) is 21.0. The van der Waals surface area contributed by atoms with Crippen molar-refractivity contribution in [3.63, 3.8) is 0 Å². The van der Waals surface area contributed by atoms with Crippen LogP contribution in [-0.4, -0.2) is 15.9 Å². The molecule has 6 aromatic rings. The predicted octanol–water partition coefficient (Wildman–Crippen LogP) is 8.69. The molecule has 1 aliphatic rings. The third kappa shape index (κ3) is 4.65. The monoisotopic (exact) mass is 671 g/mol. The second-order valence-electron chi connectivity index (χ2n) is 9.37. The van der Waals surface area contributed by atoms with E-state index in [1.807, 2.05) is 0 Å². The van der Waals surface area contributed by atoms with E-state index >= 15 is 0 Å². The van der Waals surface area contributed by atoms with Crippen molar-refractivity contribution in [2.75, 3.05) is 0 Å². The Kier molecular flexibility index (Phi) is 6.94. The Hall–Kier alpha value is -4.11. The molecule has 1 aromatic heterocycles. The molecular weight excluding hydrogens is 647 g/mol. The molecule has 0 aliphatic heterocycles. The zero-order valence-corrected chi connectivity index (χ0v) is 23.3. The van der Waals surface area contributed by atoms with Crippen LogP contribution in [0.3, 0.4) is 0 Å². The van der Waals surface area contributed by atoms with Gasteiger partial charge < -0.3 is 5.11 Å². The van der Waals surface area contributed by atoms with Crippen LogP contribution in [0.15, 0.2) is 109 Å². The first-order valence-corrected chi connectivity index (χ1v) is 12.2. The molecule has 1 heterocycles. The van der Waals surface area contributed by atoms with Gasteiger partial charge in [-0.1, -0.05) is 84.2 Å². The van der Waals surface area contributed by atoms with Gasteiger partial charge in [0.25, 0.3) is 0 Å². The maximum atomic E-state index is 10.0. The van der Waals surface area contributed by atoms with Gasteiger partial charge in [0.05, 0.1) is 11.3 Å². The van der Waals surface area contributed by atoms with Crippen molar-refractivity contribution in [2.45, 2.75) is 13.8 Å². The summed E-state index contributed by atoms with van der Waals surface area (Å²) in [6.45, 7) is 2.85. The molecule has 0 atom stereocenters. The van der Waals surface area contributed by atoms with Gasteiger partial charge in [0.2, 0.25) is 0 Å². The van der Waals surface area contributed by atoms with Crippen LogP contribution in [0.1, 0.15) is 13.8 Å². The molecule has 0 spiro atoms. The van der Waals surface area contributed by atoms with Gasteiger partial charge in [0, 0.05) is 31.6 Å². The summed E-state index contributed by atoms with van der Waals surface area (Å²) in [5.41, 5.74) is 8.19. The van der Waals surface area contributed by atoms with Crippen molar-refractivity contribution in [3.05, 3.63) is 115 Å². The quantitative estimate of drug-likeness (QED) is 0.0867.